The highest BCUT2D eigenvalue weighted by Crippen LogP contribution is 2.47. The highest BCUT2D eigenvalue weighted by molar-refractivity contribution is 7.68. The van der Waals surface area contributed by atoms with Crippen LogP contribution < -0.4 is 21.2 Å². The van der Waals surface area contributed by atoms with E-state index in [9.17, 15) is 105 Å². The maximum atomic E-state index is 14.1. The third-order valence-corrected chi connectivity index (χ3v) is 13.7. The Morgan fingerprint density at radius 2 is 0.608 bits per heavy atom. The van der Waals surface area contributed by atoms with Crippen LogP contribution in [0.2, 0.25) is 0 Å². The summed E-state index contributed by atoms with van der Waals surface area (Å²) in [5.74, 6) is 0. The molecule has 0 saturated carbocycles. The third kappa shape index (κ3) is 14.2. The van der Waals surface area contributed by atoms with Gasteiger partial charge in [-0.25, -0.2) is 4.68 Å². The molecule has 31 heteroatoms. The molecule has 1 aromatic heterocycles. The van der Waals surface area contributed by atoms with E-state index in [0.717, 1.165) is 4.68 Å². The first-order chi connectivity index (χ1) is 33.7. The molecule has 0 fully saturated rings. The molecule has 0 N–H and O–H groups in total. The van der Waals surface area contributed by atoms with E-state index in [2.05, 4.69) is 10.3 Å². The summed E-state index contributed by atoms with van der Waals surface area (Å²) >= 11 is 0. The van der Waals surface area contributed by atoms with Gasteiger partial charge >= 0.3 is 49.4 Å². The summed E-state index contributed by atoms with van der Waals surface area (Å²) in [5.41, 5.74) is -18.3. The van der Waals surface area contributed by atoms with E-state index >= 15 is 0 Å². The smallest absolute Gasteiger partial charge is 0.343 e. The molecular formula is C43H23F24N3O2P2. The van der Waals surface area contributed by atoms with Crippen molar-refractivity contribution in [3.8, 4) is 0 Å². The molecule has 5 aromatic carbocycles. The summed E-state index contributed by atoms with van der Waals surface area (Å²) in [6.07, 6.45) is -45.4. The van der Waals surface area contributed by atoms with Gasteiger partial charge in [0, 0.05) is 21.2 Å². The number of hydrogen-bond acceptors (Lipinski definition) is 4. The standard InChI is InChI=1S/C43H23F24N3O2P2/c44-36(45,46)22-6-23(37(47,48)49)11-30(10-22)73(31-12-24(38(50,51)52)7-25(13-31)39(53,54)55)71-19-34-35(70(69-68-34)18-21-4-2-1-3-5-21)20-72-74(32-14-26(40(56,57)58)8-27(15-32)41(59,60)61)33-16-28(42(62,63)64)9-29(17-33)43(65,66)67/h1-17H,18-20H2. The Balaban J connectivity index is 1.58. The SMILES string of the molecule is FC(F)(F)c1cc(P(OCc2nnn(Cc3ccccc3)c2COP(c2cc(C(F)(F)F)cc(C(F)(F)F)c2)c2cc(C(F)(F)F)cc(C(F)(F)F)c2)c2cc(C(F)(F)F)cc(C(F)(F)F)c2)cc(C(F)(F)F)c1. The maximum absolute atomic E-state index is 14.1. The molecule has 0 atom stereocenters. The zero-order valence-electron chi connectivity index (χ0n) is 35.6. The molecule has 0 aliphatic carbocycles. The molecule has 0 saturated heterocycles. The fraction of sp³-hybridized carbons (Fsp3) is 0.256. The van der Waals surface area contributed by atoms with E-state index < -0.39 is 187 Å². The van der Waals surface area contributed by atoms with E-state index in [4.69, 9.17) is 9.05 Å². The van der Waals surface area contributed by atoms with Gasteiger partial charge in [-0.1, -0.05) is 35.5 Å². The van der Waals surface area contributed by atoms with Crippen molar-refractivity contribution in [2.45, 2.75) is 69.2 Å². The summed E-state index contributed by atoms with van der Waals surface area (Å²) < 4.78 is 351. The van der Waals surface area contributed by atoms with Gasteiger partial charge in [-0.05, 0) is 78.4 Å². The second-order valence-corrected chi connectivity index (χ2v) is 19.1. The predicted molar refractivity (Wildman–Crippen MR) is 213 cm³/mol. The molecule has 400 valence electrons. The van der Waals surface area contributed by atoms with Gasteiger partial charge in [-0.2, -0.15) is 105 Å². The summed E-state index contributed by atoms with van der Waals surface area (Å²) in [5, 5.41) is 2.17. The first-order valence-electron chi connectivity index (χ1n) is 19.7. The summed E-state index contributed by atoms with van der Waals surface area (Å²) in [4.78, 5) is 0. The normalized spacial score (nSPS) is 13.6. The van der Waals surface area contributed by atoms with Gasteiger partial charge in [-0.3, -0.25) is 0 Å². The van der Waals surface area contributed by atoms with E-state index in [1.54, 1.807) is 0 Å². The van der Waals surface area contributed by atoms with Crippen LogP contribution in [0, 0.1) is 0 Å². The Morgan fingerprint density at radius 1 is 0.351 bits per heavy atom. The number of aromatic nitrogens is 3. The number of rotatable bonds is 12. The molecular weight excluding hydrogens is 1110 g/mol. The first kappa shape index (κ1) is 57.6. The minimum absolute atomic E-state index is 0.0836. The maximum Gasteiger partial charge on any atom is 0.416 e. The van der Waals surface area contributed by atoms with Crippen LogP contribution in [0.4, 0.5) is 105 Å². The topological polar surface area (TPSA) is 49.2 Å². The Morgan fingerprint density at radius 3 is 0.865 bits per heavy atom. The van der Waals surface area contributed by atoms with Crippen molar-refractivity contribution in [1.29, 1.82) is 0 Å². The zero-order valence-corrected chi connectivity index (χ0v) is 37.3. The van der Waals surface area contributed by atoms with Gasteiger partial charge in [0.1, 0.15) is 5.69 Å². The summed E-state index contributed by atoms with van der Waals surface area (Å²) in [6, 6.07) is 4.54. The van der Waals surface area contributed by atoms with Crippen molar-refractivity contribution in [3.05, 3.63) is 165 Å². The van der Waals surface area contributed by atoms with Gasteiger partial charge in [-0.15, -0.1) is 5.10 Å². The minimum Gasteiger partial charge on any atom is -0.343 e. The highest BCUT2D eigenvalue weighted by atomic mass is 31.1. The van der Waals surface area contributed by atoms with Crippen molar-refractivity contribution in [2.75, 3.05) is 0 Å². The Labute approximate surface area is 400 Å². The lowest BCUT2D eigenvalue weighted by Gasteiger charge is -2.24. The zero-order chi connectivity index (χ0) is 55.4. The van der Waals surface area contributed by atoms with Crippen LogP contribution in [0.5, 0.6) is 0 Å². The molecule has 6 aromatic rings. The molecule has 6 rings (SSSR count). The van der Waals surface area contributed by atoms with Crippen molar-refractivity contribution in [2.24, 2.45) is 0 Å². The van der Waals surface area contributed by atoms with Gasteiger partial charge in [0.2, 0.25) is 0 Å². The summed E-state index contributed by atoms with van der Waals surface area (Å²) in [7, 11) is -7.55. The Bertz CT molecular complexity index is 2670. The fourth-order valence-electron chi connectivity index (χ4n) is 6.59. The van der Waals surface area contributed by atoms with E-state index in [1.165, 1.54) is 30.3 Å². The number of halogens is 24. The second-order valence-electron chi connectivity index (χ2n) is 15.3. The van der Waals surface area contributed by atoms with Crippen LogP contribution >= 0.6 is 16.3 Å². The molecule has 74 heavy (non-hydrogen) atoms. The predicted octanol–water partition coefficient (Wildman–Crippen LogP) is 14.6. The molecule has 0 amide bonds. The van der Waals surface area contributed by atoms with E-state index in [1.807, 2.05) is 0 Å². The monoisotopic (exact) mass is 1130 g/mol. The van der Waals surface area contributed by atoms with Gasteiger partial charge < -0.3 is 9.05 Å². The van der Waals surface area contributed by atoms with Crippen molar-refractivity contribution < 1.29 is 114 Å². The molecule has 0 bridgehead atoms. The molecule has 0 unspecified atom stereocenters. The van der Waals surface area contributed by atoms with Crippen LogP contribution in [0.3, 0.4) is 0 Å². The van der Waals surface area contributed by atoms with Gasteiger partial charge in [0.05, 0.1) is 86.3 Å². The van der Waals surface area contributed by atoms with E-state index in [-0.39, 0.29) is 54.1 Å². The quantitative estimate of drug-likeness (QED) is 0.0905. The molecule has 0 aliphatic heterocycles. The van der Waals surface area contributed by atoms with Crippen molar-refractivity contribution in [1.82, 2.24) is 15.0 Å². The average Bonchev–Trinajstić information content (AvgIpc) is 3.64. The first-order valence-corrected chi connectivity index (χ1v) is 22.2. The van der Waals surface area contributed by atoms with Crippen LogP contribution in [-0.2, 0) is 78.2 Å². The molecule has 5 nitrogen and oxygen atoms in total. The number of benzene rings is 5. The lowest BCUT2D eigenvalue weighted by atomic mass is 10.1. The van der Waals surface area contributed by atoms with Crippen molar-refractivity contribution in [3.63, 3.8) is 0 Å². The molecule has 1 heterocycles. The average molecular weight is 1130 g/mol. The largest absolute Gasteiger partial charge is 0.416 e. The highest BCUT2D eigenvalue weighted by Gasteiger charge is 2.43. The van der Waals surface area contributed by atoms with Crippen LogP contribution in [0.1, 0.15) is 61.5 Å². The molecule has 0 aliphatic rings. The molecule has 0 spiro atoms. The number of hydrogen-bond donors (Lipinski definition) is 0. The van der Waals surface area contributed by atoms with Gasteiger partial charge in [0.25, 0.3) is 0 Å². The molecule has 0 radical (unpaired) electrons. The van der Waals surface area contributed by atoms with Crippen LogP contribution in [-0.4, -0.2) is 15.0 Å². The Kier molecular flexibility index (Phi) is 15.9. The van der Waals surface area contributed by atoms with Crippen LogP contribution in [0.15, 0.2) is 103 Å². The van der Waals surface area contributed by atoms with Crippen LogP contribution in [0.25, 0.3) is 0 Å². The number of alkyl halides is 24. The second kappa shape index (κ2) is 20.5. The van der Waals surface area contributed by atoms with E-state index in [0.29, 0.717) is 0 Å². The Hall–Kier alpha value is -5.66. The number of nitrogens with zero attached hydrogens (tertiary/aromatic N) is 3. The minimum atomic E-state index is -5.68. The summed E-state index contributed by atoms with van der Waals surface area (Å²) in [6.45, 7) is -3.40. The lowest BCUT2D eigenvalue weighted by molar-refractivity contribution is -0.144. The fourth-order valence-corrected chi connectivity index (χ4v) is 10.3. The lowest BCUT2D eigenvalue weighted by Crippen LogP contribution is -2.23. The van der Waals surface area contributed by atoms with Gasteiger partial charge in [0.15, 0.2) is 0 Å². The third-order valence-electron chi connectivity index (χ3n) is 9.98. The van der Waals surface area contributed by atoms with Crippen molar-refractivity contribution >= 4 is 37.5 Å².